The average Bonchev–Trinajstić information content (AvgIpc) is 3.03. The zero-order chi connectivity index (χ0) is 15.1. The number of amides is 1. The molecule has 4 nitrogen and oxygen atoms in total. The van der Waals surface area contributed by atoms with Gasteiger partial charge in [-0.25, -0.2) is 0 Å². The van der Waals surface area contributed by atoms with Crippen molar-refractivity contribution in [2.45, 2.75) is 20.3 Å². The van der Waals surface area contributed by atoms with Crippen molar-refractivity contribution in [1.82, 2.24) is 0 Å². The number of hydrogen-bond donors (Lipinski definition) is 2. The molecule has 3 rings (SSSR count). The van der Waals surface area contributed by atoms with Gasteiger partial charge in [0.15, 0.2) is 0 Å². The molecule has 4 heteroatoms. The molecule has 1 aromatic carbocycles. The smallest absolute Gasteiger partial charge is 0.307 e. The fourth-order valence-corrected chi connectivity index (χ4v) is 3.60. The van der Waals surface area contributed by atoms with Crippen molar-refractivity contribution >= 4 is 17.6 Å². The molecular weight excluding hydrogens is 266 g/mol. The summed E-state index contributed by atoms with van der Waals surface area (Å²) in [6, 6.07) is 5.87. The summed E-state index contributed by atoms with van der Waals surface area (Å²) in [7, 11) is 0. The Labute approximate surface area is 123 Å². The molecule has 1 amide bonds. The van der Waals surface area contributed by atoms with Crippen LogP contribution in [-0.2, 0) is 9.59 Å². The van der Waals surface area contributed by atoms with Crippen LogP contribution < -0.4 is 5.32 Å². The highest BCUT2D eigenvalue weighted by atomic mass is 16.4. The number of carboxylic acids is 1. The summed E-state index contributed by atoms with van der Waals surface area (Å²) in [5, 5.41) is 12.3. The monoisotopic (exact) mass is 285 g/mol. The Morgan fingerprint density at radius 3 is 2.48 bits per heavy atom. The Bertz CT molecular complexity index is 635. The number of hydrogen-bond acceptors (Lipinski definition) is 2. The summed E-state index contributed by atoms with van der Waals surface area (Å²) in [5.74, 6) is -2.04. The molecule has 2 bridgehead atoms. The highest BCUT2D eigenvalue weighted by molar-refractivity contribution is 5.97. The maximum absolute atomic E-state index is 12.6. The van der Waals surface area contributed by atoms with Crippen LogP contribution in [0.25, 0.3) is 0 Å². The number of aliphatic carboxylic acids is 1. The van der Waals surface area contributed by atoms with Gasteiger partial charge in [0.25, 0.3) is 0 Å². The van der Waals surface area contributed by atoms with Crippen LogP contribution in [0.4, 0.5) is 5.69 Å². The van der Waals surface area contributed by atoms with E-state index in [0.29, 0.717) is 0 Å². The number of allylic oxidation sites excluding steroid dienone is 2. The molecular formula is C17H19NO3. The summed E-state index contributed by atoms with van der Waals surface area (Å²) in [6.07, 6.45) is 4.73. The van der Waals surface area contributed by atoms with Gasteiger partial charge in [-0.15, -0.1) is 0 Å². The number of benzene rings is 1. The molecule has 0 saturated heterocycles. The van der Waals surface area contributed by atoms with Gasteiger partial charge in [-0.3, -0.25) is 9.59 Å². The van der Waals surface area contributed by atoms with Gasteiger partial charge in [0.05, 0.1) is 11.8 Å². The van der Waals surface area contributed by atoms with Crippen molar-refractivity contribution in [1.29, 1.82) is 0 Å². The maximum Gasteiger partial charge on any atom is 0.307 e. The van der Waals surface area contributed by atoms with E-state index in [4.69, 9.17) is 0 Å². The van der Waals surface area contributed by atoms with Gasteiger partial charge >= 0.3 is 5.97 Å². The number of rotatable bonds is 3. The van der Waals surface area contributed by atoms with E-state index in [1.807, 2.05) is 44.2 Å². The van der Waals surface area contributed by atoms with Crippen LogP contribution in [0.5, 0.6) is 0 Å². The van der Waals surface area contributed by atoms with Gasteiger partial charge < -0.3 is 10.4 Å². The summed E-state index contributed by atoms with van der Waals surface area (Å²) in [4.78, 5) is 24.0. The molecule has 2 aliphatic carbocycles. The predicted molar refractivity (Wildman–Crippen MR) is 79.9 cm³/mol. The summed E-state index contributed by atoms with van der Waals surface area (Å²) in [5.41, 5.74) is 2.83. The summed E-state index contributed by atoms with van der Waals surface area (Å²) < 4.78 is 0. The quantitative estimate of drug-likeness (QED) is 0.839. The molecule has 0 unspecified atom stereocenters. The van der Waals surface area contributed by atoms with E-state index in [2.05, 4.69) is 5.32 Å². The van der Waals surface area contributed by atoms with Crippen molar-refractivity contribution in [3.8, 4) is 0 Å². The molecule has 1 fully saturated rings. The zero-order valence-electron chi connectivity index (χ0n) is 12.2. The van der Waals surface area contributed by atoms with Crippen molar-refractivity contribution in [2.75, 3.05) is 5.32 Å². The Balaban J connectivity index is 1.83. The van der Waals surface area contributed by atoms with E-state index >= 15 is 0 Å². The summed E-state index contributed by atoms with van der Waals surface area (Å²) >= 11 is 0. The van der Waals surface area contributed by atoms with E-state index in [1.54, 1.807) is 0 Å². The van der Waals surface area contributed by atoms with Gasteiger partial charge in [-0.1, -0.05) is 24.3 Å². The number of carbonyl (C=O) groups excluding carboxylic acids is 1. The third kappa shape index (κ3) is 2.35. The van der Waals surface area contributed by atoms with Gasteiger partial charge in [0, 0.05) is 5.69 Å². The van der Waals surface area contributed by atoms with E-state index in [0.717, 1.165) is 23.2 Å². The van der Waals surface area contributed by atoms with Crippen molar-refractivity contribution < 1.29 is 14.7 Å². The van der Waals surface area contributed by atoms with Crippen LogP contribution in [-0.4, -0.2) is 17.0 Å². The molecule has 0 spiro atoms. The second-order valence-corrected chi connectivity index (χ2v) is 6.15. The molecule has 21 heavy (non-hydrogen) atoms. The van der Waals surface area contributed by atoms with Crippen LogP contribution in [0.2, 0.25) is 0 Å². The minimum atomic E-state index is -0.868. The molecule has 0 aromatic heterocycles. The molecule has 2 aliphatic rings. The number of anilines is 1. The Kier molecular flexibility index (Phi) is 3.32. The lowest BCUT2D eigenvalue weighted by Gasteiger charge is -2.24. The number of nitrogens with one attached hydrogen (secondary N) is 1. The molecule has 2 N–H and O–H groups in total. The van der Waals surface area contributed by atoms with E-state index in [1.165, 1.54) is 0 Å². The molecule has 110 valence electrons. The lowest BCUT2D eigenvalue weighted by atomic mass is 9.82. The van der Waals surface area contributed by atoms with E-state index in [-0.39, 0.29) is 17.7 Å². The number of carboxylic acid groups (broad SMARTS) is 1. The van der Waals surface area contributed by atoms with Crippen LogP contribution >= 0.6 is 0 Å². The van der Waals surface area contributed by atoms with Gasteiger partial charge in [0.1, 0.15) is 0 Å². The van der Waals surface area contributed by atoms with Crippen LogP contribution in [0, 0.1) is 37.5 Å². The fourth-order valence-electron chi connectivity index (χ4n) is 3.60. The van der Waals surface area contributed by atoms with Crippen molar-refractivity contribution in [2.24, 2.45) is 23.7 Å². The lowest BCUT2D eigenvalue weighted by Crippen LogP contribution is -2.36. The van der Waals surface area contributed by atoms with Gasteiger partial charge in [0.2, 0.25) is 5.91 Å². The van der Waals surface area contributed by atoms with Gasteiger partial charge in [-0.05, 0) is 49.3 Å². The van der Waals surface area contributed by atoms with Crippen LogP contribution in [0.3, 0.4) is 0 Å². The first-order valence-electron chi connectivity index (χ1n) is 7.26. The molecule has 0 aliphatic heterocycles. The average molecular weight is 285 g/mol. The third-order valence-corrected chi connectivity index (χ3v) is 4.70. The van der Waals surface area contributed by atoms with E-state index < -0.39 is 17.8 Å². The zero-order valence-corrected chi connectivity index (χ0v) is 12.2. The Morgan fingerprint density at radius 2 is 1.81 bits per heavy atom. The number of fused-ring (bicyclic) bond motifs is 2. The van der Waals surface area contributed by atoms with Gasteiger partial charge in [-0.2, -0.15) is 0 Å². The normalized spacial score (nSPS) is 29.6. The molecule has 4 atom stereocenters. The van der Waals surface area contributed by atoms with Crippen LogP contribution in [0.1, 0.15) is 17.5 Å². The fraction of sp³-hybridized carbons (Fsp3) is 0.412. The number of aryl methyl sites for hydroxylation is 2. The second-order valence-electron chi connectivity index (χ2n) is 6.15. The largest absolute Gasteiger partial charge is 0.481 e. The standard InChI is InChI=1S/C17H19NO3/c1-9-3-4-10(2)13(7-9)18-16(19)14-11-5-6-12(8-11)15(14)17(20)21/h3-7,11-12,14-15H,8H2,1-2H3,(H,18,19)(H,20,21)/t11-,12-,14-,15-/m0/s1. The predicted octanol–water partition coefficient (Wildman–Crippen LogP) is 2.76. The van der Waals surface area contributed by atoms with Crippen molar-refractivity contribution in [3.05, 3.63) is 41.5 Å². The Morgan fingerprint density at radius 1 is 1.14 bits per heavy atom. The highest BCUT2D eigenvalue weighted by Gasteiger charge is 2.51. The second kappa shape index (κ2) is 5.02. The third-order valence-electron chi connectivity index (χ3n) is 4.70. The first-order chi connectivity index (χ1) is 9.97. The number of carbonyl (C=O) groups is 2. The molecule has 1 saturated carbocycles. The first-order valence-corrected chi connectivity index (χ1v) is 7.26. The topological polar surface area (TPSA) is 66.4 Å². The van der Waals surface area contributed by atoms with E-state index in [9.17, 15) is 14.7 Å². The first kappa shape index (κ1) is 13.9. The Hall–Kier alpha value is -2.10. The van der Waals surface area contributed by atoms with Crippen LogP contribution in [0.15, 0.2) is 30.4 Å². The molecule has 0 heterocycles. The highest BCUT2D eigenvalue weighted by Crippen LogP contribution is 2.48. The molecule has 1 aromatic rings. The summed E-state index contributed by atoms with van der Waals surface area (Å²) in [6.45, 7) is 3.90. The van der Waals surface area contributed by atoms with Crippen molar-refractivity contribution in [3.63, 3.8) is 0 Å². The maximum atomic E-state index is 12.6. The minimum Gasteiger partial charge on any atom is -0.481 e. The lowest BCUT2D eigenvalue weighted by molar-refractivity contribution is -0.146. The molecule has 0 radical (unpaired) electrons. The SMILES string of the molecule is Cc1ccc(C)c(NC(=O)[C@@H]2[C@@H](C(=O)O)[C@H]3C=C[C@H]2C3)c1. The minimum absolute atomic E-state index is 0.00172.